The molecule has 0 aromatic heterocycles. The Balaban J connectivity index is 1.33. The Hall–Kier alpha value is -3.16. The number of alkyl halides is 3. The number of halogens is 3. The molecule has 1 spiro atoms. The van der Waals surface area contributed by atoms with Gasteiger partial charge in [0.25, 0.3) is 5.91 Å². The van der Waals surface area contributed by atoms with Crippen molar-refractivity contribution in [3.8, 4) is 0 Å². The average molecular weight is 481 g/mol. The van der Waals surface area contributed by atoms with Crippen molar-refractivity contribution in [3.63, 3.8) is 0 Å². The molecular formula is C28H27F3N2O2. The maximum Gasteiger partial charge on any atom is 0.416 e. The largest absolute Gasteiger partial charge is 0.416 e. The summed E-state index contributed by atoms with van der Waals surface area (Å²) in [5.41, 5.74) is 1.99. The Bertz CT molecular complexity index is 1200. The number of amides is 1. The fraction of sp³-hybridized carbons (Fsp3) is 0.321. The van der Waals surface area contributed by atoms with E-state index in [1.807, 2.05) is 30.3 Å². The fourth-order valence-electron chi connectivity index (χ4n) is 5.62. The zero-order chi connectivity index (χ0) is 24.6. The number of rotatable bonds is 4. The lowest BCUT2D eigenvalue weighted by Gasteiger charge is -2.43. The van der Waals surface area contributed by atoms with Crippen molar-refractivity contribution in [2.45, 2.75) is 43.1 Å². The number of piperidine rings is 1. The summed E-state index contributed by atoms with van der Waals surface area (Å²) in [6.45, 7) is 1.70. The van der Waals surface area contributed by atoms with Crippen LogP contribution in [0.1, 0.15) is 51.5 Å². The molecule has 0 unspecified atom stereocenters. The van der Waals surface area contributed by atoms with Gasteiger partial charge in [0, 0.05) is 17.5 Å². The van der Waals surface area contributed by atoms with Gasteiger partial charge in [-0.25, -0.2) is 0 Å². The topological polar surface area (TPSA) is 52.6 Å². The van der Waals surface area contributed by atoms with Crippen molar-refractivity contribution in [1.82, 2.24) is 10.2 Å². The molecule has 0 saturated carbocycles. The Morgan fingerprint density at radius 2 is 1.66 bits per heavy atom. The predicted molar refractivity (Wildman–Crippen MR) is 127 cm³/mol. The molecule has 2 atom stereocenters. The van der Waals surface area contributed by atoms with Crippen LogP contribution in [0.4, 0.5) is 13.2 Å². The van der Waals surface area contributed by atoms with E-state index < -0.39 is 29.3 Å². The van der Waals surface area contributed by atoms with Crippen LogP contribution in [-0.4, -0.2) is 35.1 Å². The number of fused-ring (bicyclic) bond motifs is 2. The number of nitrogens with zero attached hydrogens (tertiary/aromatic N) is 1. The van der Waals surface area contributed by atoms with Gasteiger partial charge >= 0.3 is 6.18 Å². The van der Waals surface area contributed by atoms with Crippen molar-refractivity contribution < 1.29 is 23.1 Å². The van der Waals surface area contributed by atoms with E-state index >= 15 is 0 Å². The Morgan fingerprint density at radius 3 is 2.37 bits per heavy atom. The Labute approximate surface area is 202 Å². The fourth-order valence-corrected chi connectivity index (χ4v) is 5.62. The number of aliphatic hydroxyl groups is 1. The summed E-state index contributed by atoms with van der Waals surface area (Å²) in [6.07, 6.45) is -3.84. The number of hydrogen-bond acceptors (Lipinski definition) is 3. The van der Waals surface area contributed by atoms with E-state index in [-0.39, 0.29) is 5.91 Å². The van der Waals surface area contributed by atoms with Gasteiger partial charge in [0.05, 0.1) is 17.7 Å². The van der Waals surface area contributed by atoms with E-state index in [9.17, 15) is 23.1 Å². The summed E-state index contributed by atoms with van der Waals surface area (Å²) < 4.78 is 39.3. The van der Waals surface area contributed by atoms with E-state index in [0.29, 0.717) is 43.6 Å². The van der Waals surface area contributed by atoms with Gasteiger partial charge in [0.15, 0.2) is 0 Å². The van der Waals surface area contributed by atoms with Crippen LogP contribution in [0, 0.1) is 0 Å². The van der Waals surface area contributed by atoms with Crippen LogP contribution in [0.5, 0.6) is 0 Å². The monoisotopic (exact) mass is 480 g/mol. The van der Waals surface area contributed by atoms with Crippen LogP contribution in [0.3, 0.4) is 0 Å². The molecule has 7 heteroatoms. The highest BCUT2D eigenvalue weighted by Crippen LogP contribution is 2.51. The van der Waals surface area contributed by atoms with Gasteiger partial charge in [-0.1, -0.05) is 60.7 Å². The minimum atomic E-state index is -4.36. The highest BCUT2D eigenvalue weighted by atomic mass is 19.4. The third kappa shape index (κ3) is 4.46. The average Bonchev–Trinajstić information content (AvgIpc) is 3.08. The quantitative estimate of drug-likeness (QED) is 0.547. The zero-order valence-corrected chi connectivity index (χ0v) is 19.1. The van der Waals surface area contributed by atoms with Gasteiger partial charge in [-0.2, -0.15) is 13.2 Å². The minimum absolute atomic E-state index is 0.233. The van der Waals surface area contributed by atoms with Gasteiger partial charge in [-0.05, 0) is 60.8 Å². The molecule has 1 aliphatic carbocycles. The normalized spacial score (nSPS) is 21.6. The van der Waals surface area contributed by atoms with Gasteiger partial charge < -0.3 is 10.4 Å². The first-order valence-corrected chi connectivity index (χ1v) is 11.8. The summed E-state index contributed by atoms with van der Waals surface area (Å²) in [5.74, 6) is -0.233. The molecule has 2 N–H and O–H groups in total. The molecule has 5 rings (SSSR count). The van der Waals surface area contributed by atoms with E-state index in [4.69, 9.17) is 0 Å². The lowest BCUT2D eigenvalue weighted by molar-refractivity contribution is -0.137. The number of likely N-dealkylation sites (tertiary alicyclic amines) is 1. The SMILES string of the molecule is O=C(N[C@@H]1c2ccccc2C2(CCN(Cc3cccc(C(F)(F)F)c3)CC2)[C@H]1O)c1ccccc1. The summed E-state index contributed by atoms with van der Waals surface area (Å²) in [4.78, 5) is 15.0. The van der Waals surface area contributed by atoms with Gasteiger partial charge in [0.1, 0.15) is 0 Å². The van der Waals surface area contributed by atoms with Crippen LogP contribution in [-0.2, 0) is 18.1 Å². The molecule has 1 fully saturated rings. The zero-order valence-electron chi connectivity index (χ0n) is 19.1. The lowest BCUT2D eigenvalue weighted by atomic mass is 9.72. The highest BCUT2D eigenvalue weighted by Gasteiger charge is 2.52. The van der Waals surface area contributed by atoms with Gasteiger partial charge in [-0.15, -0.1) is 0 Å². The summed E-state index contributed by atoms with van der Waals surface area (Å²) in [5, 5.41) is 14.6. The number of carbonyl (C=O) groups is 1. The molecule has 2 aliphatic rings. The second kappa shape index (κ2) is 9.13. The maximum atomic E-state index is 13.1. The third-order valence-electron chi connectivity index (χ3n) is 7.45. The number of hydrogen-bond donors (Lipinski definition) is 2. The molecular weight excluding hydrogens is 453 g/mol. The standard InChI is InChI=1S/C28H27F3N2O2/c29-28(30,31)21-10-6-7-19(17-21)18-33-15-13-27(14-16-33)23-12-5-4-11-22(23)24(25(27)34)32-26(35)20-8-2-1-3-9-20/h1-12,17,24-25,34H,13-16,18H2,(H,32,35)/t24-,25+/m1/s1. The second-order valence-electron chi connectivity index (χ2n) is 9.48. The van der Waals surface area contributed by atoms with Crippen LogP contribution in [0.25, 0.3) is 0 Å². The summed E-state index contributed by atoms with van der Waals surface area (Å²) in [7, 11) is 0. The molecule has 1 heterocycles. The first kappa shape index (κ1) is 23.6. The summed E-state index contributed by atoms with van der Waals surface area (Å²) in [6, 6.07) is 21.7. The Morgan fingerprint density at radius 1 is 0.971 bits per heavy atom. The third-order valence-corrected chi connectivity index (χ3v) is 7.45. The number of carbonyl (C=O) groups excluding carboxylic acids is 1. The first-order chi connectivity index (χ1) is 16.8. The predicted octanol–water partition coefficient (Wildman–Crippen LogP) is 5.08. The van der Waals surface area contributed by atoms with Crippen LogP contribution >= 0.6 is 0 Å². The van der Waals surface area contributed by atoms with Crippen molar-refractivity contribution in [1.29, 1.82) is 0 Å². The van der Waals surface area contributed by atoms with Crippen molar-refractivity contribution in [2.24, 2.45) is 0 Å². The van der Waals surface area contributed by atoms with Gasteiger partial charge in [-0.3, -0.25) is 9.69 Å². The van der Waals surface area contributed by atoms with Crippen LogP contribution < -0.4 is 5.32 Å². The van der Waals surface area contributed by atoms with E-state index in [0.717, 1.165) is 17.2 Å². The molecule has 1 aliphatic heterocycles. The smallest absolute Gasteiger partial charge is 0.390 e. The molecule has 1 saturated heterocycles. The summed E-state index contributed by atoms with van der Waals surface area (Å²) >= 11 is 0. The first-order valence-electron chi connectivity index (χ1n) is 11.8. The maximum absolute atomic E-state index is 13.1. The molecule has 0 bridgehead atoms. The number of nitrogens with one attached hydrogen (secondary N) is 1. The molecule has 3 aromatic rings. The van der Waals surface area contributed by atoms with Gasteiger partial charge in [0.2, 0.25) is 0 Å². The number of aliphatic hydroxyl groups excluding tert-OH is 1. The molecule has 35 heavy (non-hydrogen) atoms. The van der Waals surface area contributed by atoms with Crippen molar-refractivity contribution >= 4 is 5.91 Å². The van der Waals surface area contributed by atoms with Crippen LogP contribution in [0.2, 0.25) is 0 Å². The van der Waals surface area contributed by atoms with Crippen LogP contribution in [0.15, 0.2) is 78.9 Å². The van der Waals surface area contributed by atoms with E-state index in [1.165, 1.54) is 12.1 Å². The van der Waals surface area contributed by atoms with E-state index in [1.54, 1.807) is 30.3 Å². The van der Waals surface area contributed by atoms with Crippen molar-refractivity contribution in [3.05, 3.63) is 107 Å². The Kier molecular flexibility index (Phi) is 6.15. The minimum Gasteiger partial charge on any atom is -0.390 e. The molecule has 4 nitrogen and oxygen atoms in total. The van der Waals surface area contributed by atoms with E-state index in [2.05, 4.69) is 10.2 Å². The highest BCUT2D eigenvalue weighted by molar-refractivity contribution is 5.94. The molecule has 182 valence electrons. The second-order valence-corrected chi connectivity index (χ2v) is 9.48. The molecule has 3 aromatic carbocycles. The van der Waals surface area contributed by atoms with Crippen molar-refractivity contribution in [2.75, 3.05) is 13.1 Å². The number of benzene rings is 3. The lowest BCUT2D eigenvalue weighted by Crippen LogP contribution is -2.49. The molecule has 0 radical (unpaired) electrons. The molecule has 1 amide bonds.